The first-order valence-corrected chi connectivity index (χ1v) is 5.57. The van der Waals surface area contributed by atoms with Gasteiger partial charge in [-0.25, -0.2) is 8.78 Å². The second-order valence-corrected chi connectivity index (χ2v) is 5.11. The van der Waals surface area contributed by atoms with Gasteiger partial charge in [-0.2, -0.15) is 0 Å². The Hall–Kier alpha value is -0.180. The third-order valence-electron chi connectivity index (χ3n) is 4.25. The zero-order chi connectivity index (χ0) is 10.2. The quantitative estimate of drug-likeness (QED) is 0.695. The van der Waals surface area contributed by atoms with Crippen molar-refractivity contribution in [1.29, 1.82) is 0 Å². The Kier molecular flexibility index (Phi) is 2.54. The van der Waals surface area contributed by atoms with Crippen LogP contribution in [0.5, 0.6) is 0 Å². The van der Waals surface area contributed by atoms with Gasteiger partial charge in [-0.3, -0.25) is 0 Å². The van der Waals surface area contributed by atoms with E-state index >= 15 is 0 Å². The topological polar surface area (TPSA) is 20.2 Å². The molecule has 3 heteroatoms. The molecular weight excluding hydrogens is 186 g/mol. The van der Waals surface area contributed by atoms with Gasteiger partial charge in [-0.1, -0.05) is 12.8 Å². The van der Waals surface area contributed by atoms with Gasteiger partial charge in [0.1, 0.15) is 5.60 Å². The standard InChI is InChI=1S/C11H18F2O/c12-9(13)11(14)7-5-10(6-8-11)3-1-2-4-10/h9,14H,1-8H2. The van der Waals surface area contributed by atoms with Crippen LogP contribution < -0.4 is 0 Å². The Morgan fingerprint density at radius 3 is 1.79 bits per heavy atom. The molecule has 82 valence electrons. The zero-order valence-electron chi connectivity index (χ0n) is 8.44. The minimum Gasteiger partial charge on any atom is -0.384 e. The van der Waals surface area contributed by atoms with Crippen molar-refractivity contribution in [1.82, 2.24) is 0 Å². The lowest BCUT2D eigenvalue weighted by Gasteiger charge is -2.41. The largest absolute Gasteiger partial charge is 0.384 e. The van der Waals surface area contributed by atoms with Crippen LogP contribution in [0.3, 0.4) is 0 Å². The fourth-order valence-electron chi connectivity index (χ4n) is 3.06. The van der Waals surface area contributed by atoms with Gasteiger partial charge in [-0.05, 0) is 43.9 Å². The van der Waals surface area contributed by atoms with Crippen molar-refractivity contribution in [3.8, 4) is 0 Å². The summed E-state index contributed by atoms with van der Waals surface area (Å²) in [5.41, 5.74) is -1.35. The molecule has 0 aromatic heterocycles. The van der Waals surface area contributed by atoms with Crippen molar-refractivity contribution < 1.29 is 13.9 Å². The second kappa shape index (κ2) is 3.44. The molecule has 2 saturated carbocycles. The van der Waals surface area contributed by atoms with Crippen LogP contribution in [0.25, 0.3) is 0 Å². The van der Waals surface area contributed by atoms with Crippen LogP contribution in [-0.4, -0.2) is 17.1 Å². The molecule has 2 aliphatic rings. The van der Waals surface area contributed by atoms with E-state index in [0.29, 0.717) is 18.3 Å². The average molecular weight is 204 g/mol. The number of aliphatic hydroxyl groups is 1. The zero-order valence-corrected chi connectivity index (χ0v) is 8.44. The van der Waals surface area contributed by atoms with Gasteiger partial charge in [0.05, 0.1) is 0 Å². The SMILES string of the molecule is OC1(C(F)F)CCC2(CCCC2)CC1. The summed E-state index contributed by atoms with van der Waals surface area (Å²) in [7, 11) is 0. The molecule has 1 N–H and O–H groups in total. The summed E-state index contributed by atoms with van der Waals surface area (Å²) < 4.78 is 25.1. The van der Waals surface area contributed by atoms with Crippen molar-refractivity contribution in [2.45, 2.75) is 63.4 Å². The third-order valence-corrected chi connectivity index (χ3v) is 4.25. The van der Waals surface area contributed by atoms with Gasteiger partial charge >= 0.3 is 0 Å². The van der Waals surface area contributed by atoms with Crippen LogP contribution in [0.2, 0.25) is 0 Å². The lowest BCUT2D eigenvalue weighted by atomic mass is 9.68. The van der Waals surface area contributed by atoms with Gasteiger partial charge in [0, 0.05) is 0 Å². The van der Waals surface area contributed by atoms with Crippen molar-refractivity contribution >= 4 is 0 Å². The van der Waals surface area contributed by atoms with E-state index in [1.807, 2.05) is 0 Å². The molecular formula is C11H18F2O. The maximum Gasteiger partial charge on any atom is 0.266 e. The van der Waals surface area contributed by atoms with Crippen LogP contribution in [0, 0.1) is 5.41 Å². The lowest BCUT2D eigenvalue weighted by Crippen LogP contribution is -2.43. The van der Waals surface area contributed by atoms with Crippen LogP contribution >= 0.6 is 0 Å². The third kappa shape index (κ3) is 1.67. The monoisotopic (exact) mass is 204 g/mol. The smallest absolute Gasteiger partial charge is 0.266 e. The molecule has 0 aromatic rings. The summed E-state index contributed by atoms with van der Waals surface area (Å²) >= 11 is 0. The predicted molar refractivity (Wildman–Crippen MR) is 50.3 cm³/mol. The minimum absolute atomic E-state index is 0.296. The van der Waals surface area contributed by atoms with E-state index in [1.165, 1.54) is 25.7 Å². The normalized spacial score (nSPS) is 30.0. The summed E-state index contributed by atoms with van der Waals surface area (Å²) in [5, 5.41) is 9.64. The number of rotatable bonds is 1. The van der Waals surface area contributed by atoms with E-state index in [-0.39, 0.29) is 0 Å². The average Bonchev–Trinajstić information content (AvgIpc) is 2.60. The lowest BCUT2D eigenvalue weighted by molar-refractivity contribution is -0.132. The van der Waals surface area contributed by atoms with Crippen LogP contribution in [-0.2, 0) is 0 Å². The highest BCUT2D eigenvalue weighted by atomic mass is 19.3. The van der Waals surface area contributed by atoms with Gasteiger partial charge in [0.25, 0.3) is 6.43 Å². The second-order valence-electron chi connectivity index (χ2n) is 5.11. The molecule has 0 bridgehead atoms. The number of alkyl halides is 2. The molecule has 0 atom stereocenters. The highest BCUT2D eigenvalue weighted by molar-refractivity contribution is 4.96. The van der Waals surface area contributed by atoms with E-state index < -0.39 is 12.0 Å². The fraction of sp³-hybridized carbons (Fsp3) is 1.00. The molecule has 0 radical (unpaired) electrons. The van der Waals surface area contributed by atoms with Crippen molar-refractivity contribution in [3.05, 3.63) is 0 Å². The summed E-state index contributed by atoms with van der Waals surface area (Å²) in [6.45, 7) is 0. The maximum absolute atomic E-state index is 12.5. The first kappa shape index (κ1) is 10.3. The Morgan fingerprint density at radius 2 is 1.36 bits per heavy atom. The molecule has 0 amide bonds. The molecule has 1 nitrogen and oxygen atoms in total. The summed E-state index contributed by atoms with van der Waals surface area (Å²) in [5.74, 6) is 0. The van der Waals surface area contributed by atoms with E-state index in [2.05, 4.69) is 0 Å². The van der Waals surface area contributed by atoms with E-state index in [9.17, 15) is 13.9 Å². The Balaban J connectivity index is 1.97. The highest BCUT2D eigenvalue weighted by Gasteiger charge is 2.47. The van der Waals surface area contributed by atoms with Gasteiger partial charge in [0.2, 0.25) is 0 Å². The molecule has 0 heterocycles. The molecule has 14 heavy (non-hydrogen) atoms. The van der Waals surface area contributed by atoms with Crippen LogP contribution in [0.1, 0.15) is 51.4 Å². The summed E-state index contributed by atoms with van der Waals surface area (Å²) in [6, 6.07) is 0. The van der Waals surface area contributed by atoms with Gasteiger partial charge in [-0.15, -0.1) is 0 Å². The summed E-state index contributed by atoms with van der Waals surface area (Å²) in [6.07, 6.45) is 4.48. The van der Waals surface area contributed by atoms with Gasteiger partial charge < -0.3 is 5.11 Å². The van der Waals surface area contributed by atoms with Crippen LogP contribution in [0.4, 0.5) is 8.78 Å². The molecule has 0 aromatic carbocycles. The van der Waals surface area contributed by atoms with Crippen molar-refractivity contribution in [3.63, 3.8) is 0 Å². The molecule has 2 rings (SSSR count). The maximum atomic E-state index is 12.5. The fourth-order valence-corrected chi connectivity index (χ4v) is 3.06. The molecule has 1 spiro atoms. The number of hydrogen-bond acceptors (Lipinski definition) is 1. The van der Waals surface area contributed by atoms with E-state index in [1.54, 1.807) is 0 Å². The minimum atomic E-state index is -2.57. The predicted octanol–water partition coefficient (Wildman–Crippen LogP) is 3.12. The molecule has 0 saturated heterocycles. The molecule has 0 unspecified atom stereocenters. The Morgan fingerprint density at radius 1 is 0.857 bits per heavy atom. The molecule has 2 aliphatic carbocycles. The first-order chi connectivity index (χ1) is 6.56. The highest BCUT2D eigenvalue weighted by Crippen LogP contribution is 2.52. The number of halogens is 2. The first-order valence-electron chi connectivity index (χ1n) is 5.57. The van der Waals surface area contributed by atoms with Gasteiger partial charge in [0.15, 0.2) is 0 Å². The summed E-state index contributed by atoms with van der Waals surface area (Å²) in [4.78, 5) is 0. The molecule has 0 aliphatic heterocycles. The molecule has 2 fully saturated rings. The van der Waals surface area contributed by atoms with Crippen molar-refractivity contribution in [2.75, 3.05) is 0 Å². The van der Waals surface area contributed by atoms with E-state index in [0.717, 1.165) is 12.8 Å². The van der Waals surface area contributed by atoms with Crippen molar-refractivity contribution in [2.24, 2.45) is 5.41 Å². The Bertz CT molecular complexity index is 193. The van der Waals surface area contributed by atoms with Crippen LogP contribution in [0.15, 0.2) is 0 Å². The Labute approximate surface area is 83.5 Å². The number of hydrogen-bond donors (Lipinski definition) is 1. The van der Waals surface area contributed by atoms with E-state index in [4.69, 9.17) is 0 Å².